The molecule has 3 heteroatoms. The van der Waals surface area contributed by atoms with Gasteiger partial charge in [0.15, 0.2) is 5.58 Å². The summed E-state index contributed by atoms with van der Waals surface area (Å²) in [6, 6.07) is 4.02. The van der Waals surface area contributed by atoms with E-state index in [1.54, 1.807) is 12.5 Å². The molecule has 0 saturated heterocycles. The normalized spacial score (nSPS) is 10.8. The maximum atomic E-state index is 5.20. The Labute approximate surface area is 76.8 Å². The lowest BCUT2D eigenvalue weighted by molar-refractivity contribution is 0.613. The molecule has 2 rings (SSSR count). The summed E-state index contributed by atoms with van der Waals surface area (Å²) in [5.74, 6) is 0. The lowest BCUT2D eigenvalue weighted by atomic mass is 10.2. The molecule has 68 valence electrons. The average molecular weight is 176 g/mol. The Hall–Kier alpha value is -1.35. The van der Waals surface area contributed by atoms with Gasteiger partial charge in [0, 0.05) is 24.0 Å². The second-order valence-electron chi connectivity index (χ2n) is 2.99. The van der Waals surface area contributed by atoms with Crippen LogP contribution in [0.3, 0.4) is 0 Å². The number of hydrogen-bond donors (Lipinski definition) is 1. The van der Waals surface area contributed by atoms with Crippen molar-refractivity contribution in [1.82, 2.24) is 10.3 Å². The van der Waals surface area contributed by atoms with Gasteiger partial charge in [-0.25, -0.2) is 0 Å². The van der Waals surface area contributed by atoms with E-state index in [1.807, 2.05) is 13.1 Å². The quantitative estimate of drug-likeness (QED) is 0.771. The molecule has 3 nitrogen and oxygen atoms in total. The first-order valence-corrected chi connectivity index (χ1v) is 4.37. The molecule has 0 spiro atoms. The van der Waals surface area contributed by atoms with E-state index in [9.17, 15) is 0 Å². The van der Waals surface area contributed by atoms with Gasteiger partial charge in [0.1, 0.15) is 0 Å². The minimum atomic E-state index is 0.855. The number of rotatable bonds is 3. The van der Waals surface area contributed by atoms with Gasteiger partial charge in [0.2, 0.25) is 0 Å². The Bertz CT molecular complexity index is 394. The summed E-state index contributed by atoms with van der Waals surface area (Å²) in [7, 11) is 1.94. The van der Waals surface area contributed by atoms with Gasteiger partial charge >= 0.3 is 0 Å². The number of pyridine rings is 1. The highest BCUT2D eigenvalue weighted by Gasteiger charge is 1.99. The van der Waals surface area contributed by atoms with E-state index in [-0.39, 0.29) is 0 Å². The van der Waals surface area contributed by atoms with Crippen LogP contribution in [0.1, 0.15) is 5.69 Å². The molecule has 2 aromatic heterocycles. The van der Waals surface area contributed by atoms with Crippen LogP contribution < -0.4 is 5.32 Å². The summed E-state index contributed by atoms with van der Waals surface area (Å²) in [5.41, 5.74) is 1.96. The first-order valence-electron chi connectivity index (χ1n) is 4.37. The van der Waals surface area contributed by atoms with Crippen LogP contribution in [0.2, 0.25) is 0 Å². The molecule has 0 bridgehead atoms. The monoisotopic (exact) mass is 176 g/mol. The average Bonchev–Trinajstić information content (AvgIpc) is 2.61. The van der Waals surface area contributed by atoms with Crippen molar-refractivity contribution in [2.45, 2.75) is 6.42 Å². The zero-order valence-corrected chi connectivity index (χ0v) is 7.58. The number of hydrogen-bond acceptors (Lipinski definition) is 3. The summed E-state index contributed by atoms with van der Waals surface area (Å²) in [6.45, 7) is 0.955. The molecule has 0 fully saturated rings. The van der Waals surface area contributed by atoms with Gasteiger partial charge in [-0.3, -0.25) is 4.98 Å². The minimum Gasteiger partial charge on any atom is -0.463 e. The maximum absolute atomic E-state index is 5.20. The van der Waals surface area contributed by atoms with Crippen LogP contribution in [0.5, 0.6) is 0 Å². The number of furan rings is 1. The van der Waals surface area contributed by atoms with Crippen molar-refractivity contribution >= 4 is 11.0 Å². The van der Waals surface area contributed by atoms with Crippen molar-refractivity contribution in [2.75, 3.05) is 13.6 Å². The summed E-state index contributed by atoms with van der Waals surface area (Å²) >= 11 is 0. The van der Waals surface area contributed by atoms with Gasteiger partial charge in [-0.15, -0.1) is 0 Å². The smallest absolute Gasteiger partial charge is 0.152 e. The SMILES string of the molecule is CNCCc1cc2ccoc2cn1. The molecule has 0 aliphatic rings. The van der Waals surface area contributed by atoms with Crippen LogP contribution in [0.4, 0.5) is 0 Å². The predicted octanol–water partition coefficient (Wildman–Crippen LogP) is 1.59. The van der Waals surface area contributed by atoms with Crippen LogP contribution in [0.15, 0.2) is 29.0 Å². The van der Waals surface area contributed by atoms with Crippen molar-refractivity contribution in [1.29, 1.82) is 0 Å². The van der Waals surface area contributed by atoms with E-state index >= 15 is 0 Å². The number of aromatic nitrogens is 1. The van der Waals surface area contributed by atoms with Crippen molar-refractivity contribution in [2.24, 2.45) is 0 Å². The molecule has 0 radical (unpaired) electrons. The van der Waals surface area contributed by atoms with Gasteiger partial charge in [0.25, 0.3) is 0 Å². The summed E-state index contributed by atoms with van der Waals surface area (Å²) in [6.07, 6.45) is 4.42. The zero-order chi connectivity index (χ0) is 9.10. The van der Waals surface area contributed by atoms with Crippen LogP contribution in [-0.2, 0) is 6.42 Å². The van der Waals surface area contributed by atoms with Gasteiger partial charge in [0.05, 0.1) is 12.5 Å². The molecule has 0 aliphatic carbocycles. The lowest BCUT2D eigenvalue weighted by Gasteiger charge is -1.98. The van der Waals surface area contributed by atoms with E-state index in [0.29, 0.717) is 0 Å². The first-order chi connectivity index (χ1) is 6.40. The third-order valence-corrected chi connectivity index (χ3v) is 2.03. The third kappa shape index (κ3) is 1.70. The summed E-state index contributed by atoms with van der Waals surface area (Å²) in [4.78, 5) is 4.28. The van der Waals surface area contributed by atoms with Gasteiger partial charge < -0.3 is 9.73 Å². The molecule has 0 amide bonds. The van der Waals surface area contributed by atoms with E-state index in [4.69, 9.17) is 4.42 Å². The van der Waals surface area contributed by atoms with Gasteiger partial charge in [-0.05, 0) is 19.2 Å². The van der Waals surface area contributed by atoms with Crippen molar-refractivity contribution in [3.8, 4) is 0 Å². The molecule has 13 heavy (non-hydrogen) atoms. The fraction of sp³-hybridized carbons (Fsp3) is 0.300. The van der Waals surface area contributed by atoms with E-state index in [1.165, 1.54) is 0 Å². The fourth-order valence-electron chi connectivity index (χ4n) is 1.30. The minimum absolute atomic E-state index is 0.855. The van der Waals surface area contributed by atoms with Crippen molar-refractivity contribution < 1.29 is 4.42 Å². The molecule has 2 heterocycles. The maximum Gasteiger partial charge on any atom is 0.152 e. The Morgan fingerprint density at radius 2 is 2.46 bits per heavy atom. The highest BCUT2D eigenvalue weighted by molar-refractivity contribution is 5.76. The summed E-state index contributed by atoms with van der Waals surface area (Å²) in [5, 5.41) is 4.22. The van der Waals surface area contributed by atoms with Crippen LogP contribution in [0.25, 0.3) is 11.0 Å². The fourth-order valence-corrected chi connectivity index (χ4v) is 1.30. The molecule has 0 aromatic carbocycles. The Balaban J connectivity index is 2.26. The van der Waals surface area contributed by atoms with E-state index < -0.39 is 0 Å². The molecular formula is C10H12N2O. The third-order valence-electron chi connectivity index (χ3n) is 2.03. The Morgan fingerprint density at radius 3 is 3.31 bits per heavy atom. The largest absolute Gasteiger partial charge is 0.463 e. The molecule has 0 unspecified atom stereocenters. The van der Waals surface area contributed by atoms with Gasteiger partial charge in [-0.1, -0.05) is 0 Å². The second-order valence-corrected chi connectivity index (χ2v) is 2.99. The molecule has 0 aliphatic heterocycles. The first kappa shape index (κ1) is 8.26. The van der Waals surface area contributed by atoms with E-state index in [2.05, 4.69) is 16.4 Å². The molecule has 0 saturated carbocycles. The highest BCUT2D eigenvalue weighted by Crippen LogP contribution is 2.14. The van der Waals surface area contributed by atoms with Crippen LogP contribution in [-0.4, -0.2) is 18.6 Å². The number of likely N-dealkylation sites (N-methyl/N-ethyl adjacent to an activating group) is 1. The lowest BCUT2D eigenvalue weighted by Crippen LogP contribution is -2.10. The number of fused-ring (bicyclic) bond motifs is 1. The van der Waals surface area contributed by atoms with Crippen molar-refractivity contribution in [3.63, 3.8) is 0 Å². The molecule has 0 atom stereocenters. The van der Waals surface area contributed by atoms with Crippen molar-refractivity contribution in [3.05, 3.63) is 30.3 Å². The second kappa shape index (κ2) is 3.58. The standard InChI is InChI=1S/C10H12N2O/c1-11-4-2-9-6-8-3-5-13-10(8)7-12-9/h3,5-7,11H,2,4H2,1H3. The van der Waals surface area contributed by atoms with E-state index in [0.717, 1.165) is 29.6 Å². The number of nitrogens with one attached hydrogen (secondary N) is 1. The summed E-state index contributed by atoms with van der Waals surface area (Å²) < 4.78 is 5.20. The topological polar surface area (TPSA) is 38.1 Å². The predicted molar refractivity (Wildman–Crippen MR) is 51.6 cm³/mol. The van der Waals surface area contributed by atoms with Gasteiger partial charge in [-0.2, -0.15) is 0 Å². The Morgan fingerprint density at radius 1 is 1.54 bits per heavy atom. The van der Waals surface area contributed by atoms with Crippen LogP contribution in [0, 0.1) is 0 Å². The molecular weight excluding hydrogens is 164 g/mol. The molecule has 2 aromatic rings. The molecule has 1 N–H and O–H groups in total. The van der Waals surface area contributed by atoms with Crippen LogP contribution >= 0.6 is 0 Å². The Kier molecular flexibility index (Phi) is 2.27. The highest BCUT2D eigenvalue weighted by atomic mass is 16.3. The zero-order valence-electron chi connectivity index (χ0n) is 7.58. The number of nitrogens with zero attached hydrogens (tertiary/aromatic N) is 1.